The highest BCUT2D eigenvalue weighted by molar-refractivity contribution is 14.2. The van der Waals surface area contributed by atoms with E-state index in [2.05, 4.69) is 31.5 Å². The van der Waals surface area contributed by atoms with Crippen LogP contribution >= 0.6 is 30.1 Å². The average molecular weight is 375 g/mol. The maximum Gasteiger partial charge on any atom is 0.360 e. The molecular formula is C11H10IN3O2S. The number of hydrogen-bond acceptors (Lipinski definition) is 5. The summed E-state index contributed by atoms with van der Waals surface area (Å²) in [5.74, 6) is -0.412. The zero-order valence-corrected chi connectivity index (χ0v) is 12.5. The van der Waals surface area contributed by atoms with Gasteiger partial charge in [0.15, 0.2) is 10.7 Å². The summed E-state index contributed by atoms with van der Waals surface area (Å²) in [6, 6.07) is 9.38. The Morgan fingerprint density at radius 3 is 2.78 bits per heavy atom. The summed E-state index contributed by atoms with van der Waals surface area (Å²) in [5.41, 5.74) is 1.15. The van der Waals surface area contributed by atoms with Crippen molar-refractivity contribution in [3.8, 4) is 5.69 Å². The van der Waals surface area contributed by atoms with Crippen molar-refractivity contribution in [2.24, 2.45) is 0 Å². The van der Waals surface area contributed by atoms with Crippen molar-refractivity contribution < 1.29 is 9.53 Å². The van der Waals surface area contributed by atoms with E-state index >= 15 is 0 Å². The van der Waals surface area contributed by atoms with Crippen molar-refractivity contribution in [1.82, 2.24) is 15.0 Å². The van der Waals surface area contributed by atoms with Crippen LogP contribution in [0.4, 0.5) is 0 Å². The quantitative estimate of drug-likeness (QED) is 0.608. The normalized spacial score (nSPS) is 10.3. The Balaban J connectivity index is 2.49. The third kappa shape index (κ3) is 2.66. The molecule has 0 aliphatic rings. The van der Waals surface area contributed by atoms with Gasteiger partial charge >= 0.3 is 5.97 Å². The summed E-state index contributed by atoms with van der Waals surface area (Å²) in [7, 11) is 1.34. The van der Waals surface area contributed by atoms with E-state index in [1.807, 2.05) is 30.3 Å². The zero-order chi connectivity index (χ0) is 13.0. The number of para-hydroxylation sites is 1. The van der Waals surface area contributed by atoms with E-state index in [1.165, 1.54) is 13.6 Å². The van der Waals surface area contributed by atoms with Crippen LogP contribution in [0.25, 0.3) is 5.69 Å². The first kappa shape index (κ1) is 13.3. The van der Waals surface area contributed by atoms with Crippen molar-refractivity contribution in [3.05, 3.63) is 36.0 Å². The molecule has 94 valence electrons. The molecule has 0 bridgehead atoms. The number of hydrogen-bond donors (Lipinski definition) is 0. The van der Waals surface area contributed by atoms with Gasteiger partial charge in [-0.15, -0.1) is 5.10 Å². The van der Waals surface area contributed by atoms with Crippen molar-refractivity contribution in [2.45, 2.75) is 11.9 Å². The molecule has 1 aromatic carbocycles. The first-order valence-electron chi connectivity index (χ1n) is 5.24. The summed E-state index contributed by atoms with van der Waals surface area (Å²) in [6.45, 7) is 2.09. The number of nitrogens with zero attached hydrogens (tertiary/aromatic N) is 3. The maximum absolute atomic E-state index is 11.9. The van der Waals surface area contributed by atoms with Crippen molar-refractivity contribution in [1.29, 1.82) is 0 Å². The molecule has 0 fully saturated rings. The Morgan fingerprint density at radius 1 is 1.44 bits per heavy atom. The standard InChI is InChI=1S/C11H10IN3O2S/c1-2-17-11(16)9-10(18-12)13-14-15(9)8-6-4-3-5-7-8/h3-7H,2H2,1H3. The van der Waals surface area contributed by atoms with Gasteiger partial charge in [0.05, 0.1) is 12.3 Å². The van der Waals surface area contributed by atoms with Crippen LogP contribution in [-0.4, -0.2) is 27.6 Å². The van der Waals surface area contributed by atoms with Crippen LogP contribution in [0.3, 0.4) is 0 Å². The molecule has 5 nitrogen and oxygen atoms in total. The monoisotopic (exact) mass is 375 g/mol. The number of benzene rings is 1. The van der Waals surface area contributed by atoms with E-state index in [9.17, 15) is 4.79 Å². The Labute approximate surface area is 120 Å². The molecule has 1 aromatic heterocycles. The highest BCUT2D eigenvalue weighted by atomic mass is 127. The average Bonchev–Trinajstić information content (AvgIpc) is 2.84. The second-order valence-corrected chi connectivity index (χ2v) is 5.15. The number of rotatable bonds is 4. The Morgan fingerprint density at radius 2 is 2.17 bits per heavy atom. The summed E-state index contributed by atoms with van der Waals surface area (Å²) < 4.78 is 6.53. The van der Waals surface area contributed by atoms with Gasteiger partial charge in [-0.05, 0) is 28.0 Å². The Bertz CT molecular complexity index is 544. The minimum atomic E-state index is -0.412. The van der Waals surface area contributed by atoms with Gasteiger partial charge in [-0.3, -0.25) is 0 Å². The van der Waals surface area contributed by atoms with E-state index in [0.717, 1.165) is 5.69 Å². The molecule has 0 radical (unpaired) electrons. The maximum atomic E-state index is 11.9. The molecule has 0 saturated carbocycles. The summed E-state index contributed by atoms with van der Waals surface area (Å²) >= 11 is 2.07. The van der Waals surface area contributed by atoms with E-state index in [0.29, 0.717) is 17.3 Å². The van der Waals surface area contributed by atoms with Crippen LogP contribution in [0, 0.1) is 0 Å². The van der Waals surface area contributed by atoms with Crippen LogP contribution in [0.1, 0.15) is 17.4 Å². The minimum absolute atomic E-state index is 0.324. The van der Waals surface area contributed by atoms with Crippen molar-refractivity contribution in [2.75, 3.05) is 6.61 Å². The Hall–Kier alpha value is -1.09. The van der Waals surface area contributed by atoms with E-state index in [1.54, 1.807) is 6.92 Å². The van der Waals surface area contributed by atoms with E-state index < -0.39 is 5.97 Å². The first-order chi connectivity index (χ1) is 8.77. The fraction of sp³-hybridized carbons (Fsp3) is 0.182. The molecule has 0 saturated heterocycles. The van der Waals surface area contributed by atoms with E-state index in [4.69, 9.17) is 4.74 Å². The third-order valence-electron chi connectivity index (χ3n) is 2.18. The predicted molar refractivity (Wildman–Crippen MR) is 77.2 cm³/mol. The largest absolute Gasteiger partial charge is 0.461 e. The van der Waals surface area contributed by atoms with Crippen LogP contribution in [0.5, 0.6) is 0 Å². The lowest BCUT2D eigenvalue weighted by Crippen LogP contribution is -2.12. The fourth-order valence-corrected chi connectivity index (χ4v) is 2.64. The lowest BCUT2D eigenvalue weighted by molar-refractivity contribution is 0.0511. The lowest BCUT2D eigenvalue weighted by Gasteiger charge is -2.06. The van der Waals surface area contributed by atoms with Crippen LogP contribution in [0.2, 0.25) is 0 Å². The second kappa shape index (κ2) is 6.19. The smallest absolute Gasteiger partial charge is 0.360 e. The molecule has 7 heteroatoms. The van der Waals surface area contributed by atoms with E-state index in [-0.39, 0.29) is 0 Å². The second-order valence-electron chi connectivity index (χ2n) is 3.29. The van der Waals surface area contributed by atoms with Crippen LogP contribution < -0.4 is 0 Å². The van der Waals surface area contributed by atoms with Crippen molar-refractivity contribution in [3.63, 3.8) is 0 Å². The number of carbonyl (C=O) groups is 1. The van der Waals surface area contributed by atoms with Crippen molar-refractivity contribution >= 4 is 36.1 Å². The number of esters is 1. The topological polar surface area (TPSA) is 57.0 Å². The van der Waals surface area contributed by atoms with Gasteiger partial charge in [-0.1, -0.05) is 23.4 Å². The molecule has 0 spiro atoms. The highest BCUT2D eigenvalue weighted by Gasteiger charge is 2.22. The number of ether oxygens (including phenoxy) is 1. The third-order valence-corrected chi connectivity index (χ3v) is 3.85. The molecule has 0 aliphatic carbocycles. The number of aromatic nitrogens is 3. The molecule has 2 aromatic rings. The van der Waals surface area contributed by atoms with Gasteiger partial charge in [0.25, 0.3) is 0 Å². The van der Waals surface area contributed by atoms with Crippen LogP contribution in [-0.2, 0) is 4.74 Å². The molecule has 18 heavy (non-hydrogen) atoms. The number of halogens is 1. The van der Waals surface area contributed by atoms with Crippen LogP contribution in [0.15, 0.2) is 35.4 Å². The van der Waals surface area contributed by atoms with Gasteiger partial charge in [0.1, 0.15) is 0 Å². The van der Waals surface area contributed by atoms with Gasteiger partial charge in [-0.2, -0.15) is 0 Å². The highest BCUT2D eigenvalue weighted by Crippen LogP contribution is 2.28. The number of carbonyl (C=O) groups excluding carboxylic acids is 1. The molecule has 0 unspecified atom stereocenters. The van der Waals surface area contributed by atoms with Gasteiger partial charge in [0.2, 0.25) is 0 Å². The fourth-order valence-electron chi connectivity index (χ4n) is 1.44. The van der Waals surface area contributed by atoms with Gasteiger partial charge in [0, 0.05) is 21.2 Å². The predicted octanol–water partition coefficient (Wildman–Crippen LogP) is 2.89. The summed E-state index contributed by atoms with van der Waals surface area (Å²) in [5, 5.41) is 8.54. The molecule has 0 N–H and O–H groups in total. The minimum Gasteiger partial charge on any atom is -0.461 e. The molecular weight excluding hydrogens is 365 g/mol. The molecule has 0 aliphatic heterocycles. The molecule has 0 atom stereocenters. The SMILES string of the molecule is CCOC(=O)c1c(SI)nnn1-c1ccccc1. The zero-order valence-electron chi connectivity index (χ0n) is 9.54. The summed E-state index contributed by atoms with van der Waals surface area (Å²) in [4.78, 5) is 11.9. The molecule has 2 rings (SSSR count). The molecule has 1 heterocycles. The lowest BCUT2D eigenvalue weighted by atomic mass is 10.3. The van der Waals surface area contributed by atoms with Gasteiger partial charge < -0.3 is 4.74 Å². The summed E-state index contributed by atoms with van der Waals surface area (Å²) in [6.07, 6.45) is 0. The van der Waals surface area contributed by atoms with Gasteiger partial charge in [-0.25, -0.2) is 9.48 Å². The Kier molecular flexibility index (Phi) is 4.59. The first-order valence-corrected chi connectivity index (χ1v) is 8.60. The molecule has 0 amide bonds.